The summed E-state index contributed by atoms with van der Waals surface area (Å²) >= 11 is 0. The Balaban J connectivity index is 4.77. The number of nitrogens with one attached hydrogen (secondary N) is 2. The number of carbonyl (C=O) groups is 3. The largest absolute Gasteiger partial charge is 0.480 e. The van der Waals surface area contributed by atoms with Crippen LogP contribution in [0.4, 0.5) is 0 Å². The molecular weight excluding hydrogens is 282 g/mol. The first-order valence-electron chi connectivity index (χ1n) is 6.59. The number of nitrogens with two attached hydrogens (primary N) is 1. The van der Waals surface area contributed by atoms with E-state index in [9.17, 15) is 14.4 Å². The molecule has 0 aromatic rings. The summed E-state index contributed by atoms with van der Waals surface area (Å²) in [6.07, 6.45) is 0.531. The highest BCUT2D eigenvalue weighted by Crippen LogP contribution is 2.08. The minimum Gasteiger partial charge on any atom is -0.480 e. The molecule has 0 aliphatic rings. The van der Waals surface area contributed by atoms with Crippen LogP contribution < -0.4 is 16.4 Å². The maximum atomic E-state index is 11.9. The molecule has 0 aromatic heterocycles. The fraction of sp³-hybridized carbons (Fsp3) is 0.750. The molecule has 0 rings (SSSR count). The summed E-state index contributed by atoms with van der Waals surface area (Å²) in [5.41, 5.74) is 5.27. The number of hydrogen-bond donors (Lipinski definition) is 6. The van der Waals surface area contributed by atoms with Crippen molar-refractivity contribution >= 4 is 17.8 Å². The van der Waals surface area contributed by atoms with Crippen LogP contribution >= 0.6 is 0 Å². The highest BCUT2D eigenvalue weighted by molar-refractivity contribution is 5.91. The molecular formula is C12H23N3O6. The van der Waals surface area contributed by atoms with Crippen LogP contribution in [0, 0.1) is 5.92 Å². The lowest BCUT2D eigenvalue weighted by molar-refractivity contribution is -0.144. The van der Waals surface area contributed by atoms with Crippen molar-refractivity contribution in [3.63, 3.8) is 0 Å². The lowest BCUT2D eigenvalue weighted by atomic mass is 9.99. The monoisotopic (exact) mass is 305 g/mol. The molecule has 0 saturated heterocycles. The molecule has 0 heterocycles. The Bertz CT molecular complexity index is 376. The Labute approximate surface area is 122 Å². The van der Waals surface area contributed by atoms with E-state index < -0.39 is 49.1 Å². The standard InChI is InChI=1S/C12H23N3O6/c1-3-6(2)9(12(20)21)15-11(19)8(5-17)14-10(18)7(13)4-16/h6-9,16-17H,3-5,13H2,1-2H3,(H,14,18)(H,15,19)(H,20,21)/t6-,7-,8-,9-/m0/s1. The van der Waals surface area contributed by atoms with Crippen molar-refractivity contribution in [3.05, 3.63) is 0 Å². The summed E-state index contributed by atoms with van der Waals surface area (Å²) in [4.78, 5) is 34.5. The molecule has 0 aliphatic heterocycles. The molecule has 0 saturated carbocycles. The Morgan fingerprint density at radius 1 is 1.10 bits per heavy atom. The third-order valence-electron chi connectivity index (χ3n) is 3.13. The van der Waals surface area contributed by atoms with Gasteiger partial charge in [-0.3, -0.25) is 9.59 Å². The van der Waals surface area contributed by atoms with Gasteiger partial charge in [-0.25, -0.2) is 4.79 Å². The summed E-state index contributed by atoms with van der Waals surface area (Å²) in [6.45, 7) is 2.10. The Morgan fingerprint density at radius 3 is 2.05 bits per heavy atom. The molecule has 21 heavy (non-hydrogen) atoms. The second-order valence-electron chi connectivity index (χ2n) is 4.74. The van der Waals surface area contributed by atoms with E-state index in [4.69, 9.17) is 21.1 Å². The number of amides is 2. The number of carbonyl (C=O) groups excluding carboxylic acids is 2. The summed E-state index contributed by atoms with van der Waals surface area (Å²) in [5, 5.41) is 31.3. The molecule has 0 bridgehead atoms. The van der Waals surface area contributed by atoms with Crippen LogP contribution in [0.1, 0.15) is 20.3 Å². The van der Waals surface area contributed by atoms with E-state index in [-0.39, 0.29) is 5.92 Å². The van der Waals surface area contributed by atoms with E-state index in [2.05, 4.69) is 10.6 Å². The average molecular weight is 305 g/mol. The molecule has 0 radical (unpaired) electrons. The maximum absolute atomic E-state index is 11.9. The van der Waals surface area contributed by atoms with Crippen LogP contribution in [0.5, 0.6) is 0 Å². The summed E-state index contributed by atoms with van der Waals surface area (Å²) in [6, 6.07) is -3.68. The van der Waals surface area contributed by atoms with Gasteiger partial charge in [0.25, 0.3) is 0 Å². The fourth-order valence-corrected chi connectivity index (χ4v) is 1.49. The topological polar surface area (TPSA) is 162 Å². The van der Waals surface area contributed by atoms with Gasteiger partial charge in [0.05, 0.1) is 13.2 Å². The zero-order chi connectivity index (χ0) is 16.6. The lowest BCUT2D eigenvalue weighted by Gasteiger charge is -2.24. The Hall–Kier alpha value is -1.71. The number of carboxylic acid groups (broad SMARTS) is 1. The number of aliphatic carboxylic acids is 1. The van der Waals surface area contributed by atoms with Crippen LogP contribution in [-0.4, -0.2) is 64.4 Å². The number of aliphatic hydroxyl groups is 2. The molecule has 0 aromatic carbocycles. The van der Waals surface area contributed by atoms with E-state index >= 15 is 0 Å². The second-order valence-corrected chi connectivity index (χ2v) is 4.74. The molecule has 122 valence electrons. The van der Waals surface area contributed by atoms with Crippen molar-refractivity contribution in [2.24, 2.45) is 11.7 Å². The van der Waals surface area contributed by atoms with Crippen LogP contribution in [-0.2, 0) is 14.4 Å². The third-order valence-corrected chi connectivity index (χ3v) is 3.13. The van der Waals surface area contributed by atoms with E-state index in [0.717, 1.165) is 0 Å². The van der Waals surface area contributed by atoms with Gasteiger partial charge in [-0.05, 0) is 5.92 Å². The maximum Gasteiger partial charge on any atom is 0.326 e. The number of rotatable bonds is 9. The van der Waals surface area contributed by atoms with Crippen molar-refractivity contribution in [1.82, 2.24) is 10.6 Å². The van der Waals surface area contributed by atoms with Gasteiger partial charge in [-0.15, -0.1) is 0 Å². The first-order chi connectivity index (χ1) is 9.78. The van der Waals surface area contributed by atoms with Crippen molar-refractivity contribution in [2.45, 2.75) is 38.4 Å². The molecule has 9 nitrogen and oxygen atoms in total. The van der Waals surface area contributed by atoms with Crippen LogP contribution in [0.15, 0.2) is 0 Å². The van der Waals surface area contributed by atoms with Gasteiger partial charge in [-0.2, -0.15) is 0 Å². The van der Waals surface area contributed by atoms with Crippen LogP contribution in [0.2, 0.25) is 0 Å². The van der Waals surface area contributed by atoms with Gasteiger partial charge >= 0.3 is 5.97 Å². The SMILES string of the molecule is CC[C@H](C)[C@H](NC(=O)[C@H](CO)NC(=O)[C@@H](N)CO)C(=O)O. The van der Waals surface area contributed by atoms with Crippen LogP contribution in [0.25, 0.3) is 0 Å². The molecule has 0 fully saturated rings. The van der Waals surface area contributed by atoms with Crippen molar-refractivity contribution < 1.29 is 29.7 Å². The minimum absolute atomic E-state index is 0.318. The summed E-state index contributed by atoms with van der Waals surface area (Å²) in [7, 11) is 0. The van der Waals surface area contributed by atoms with Crippen molar-refractivity contribution in [2.75, 3.05) is 13.2 Å². The Kier molecular flexibility index (Phi) is 8.51. The second kappa shape index (κ2) is 9.27. The molecule has 0 unspecified atom stereocenters. The smallest absolute Gasteiger partial charge is 0.326 e. The van der Waals surface area contributed by atoms with E-state index in [1.807, 2.05) is 0 Å². The van der Waals surface area contributed by atoms with Crippen molar-refractivity contribution in [3.8, 4) is 0 Å². The van der Waals surface area contributed by atoms with E-state index in [1.54, 1.807) is 13.8 Å². The average Bonchev–Trinajstić information content (AvgIpc) is 2.47. The van der Waals surface area contributed by atoms with Crippen LogP contribution in [0.3, 0.4) is 0 Å². The zero-order valence-electron chi connectivity index (χ0n) is 12.1. The first kappa shape index (κ1) is 19.3. The lowest BCUT2D eigenvalue weighted by Crippen LogP contribution is -2.57. The Morgan fingerprint density at radius 2 is 1.67 bits per heavy atom. The van der Waals surface area contributed by atoms with Gasteiger partial charge in [0.1, 0.15) is 18.1 Å². The first-order valence-corrected chi connectivity index (χ1v) is 6.59. The number of carboxylic acids is 1. The van der Waals surface area contributed by atoms with E-state index in [1.165, 1.54) is 0 Å². The molecule has 7 N–H and O–H groups in total. The van der Waals surface area contributed by atoms with Gasteiger partial charge in [0.15, 0.2) is 0 Å². The van der Waals surface area contributed by atoms with Crippen molar-refractivity contribution in [1.29, 1.82) is 0 Å². The van der Waals surface area contributed by atoms with Gasteiger partial charge < -0.3 is 31.7 Å². The third kappa shape index (κ3) is 6.06. The summed E-state index contributed by atoms with van der Waals surface area (Å²) in [5.74, 6) is -3.17. The molecule has 0 aliphatic carbocycles. The normalized spacial score (nSPS) is 16.4. The minimum atomic E-state index is -1.33. The summed E-state index contributed by atoms with van der Waals surface area (Å²) < 4.78 is 0. The number of hydrogen-bond acceptors (Lipinski definition) is 6. The molecule has 2 amide bonds. The fourth-order valence-electron chi connectivity index (χ4n) is 1.49. The molecule has 0 spiro atoms. The van der Waals surface area contributed by atoms with Gasteiger partial charge in [0.2, 0.25) is 11.8 Å². The highest BCUT2D eigenvalue weighted by atomic mass is 16.4. The van der Waals surface area contributed by atoms with Gasteiger partial charge in [0, 0.05) is 0 Å². The quantitative estimate of drug-likeness (QED) is 0.272. The molecule has 9 heteroatoms. The van der Waals surface area contributed by atoms with Gasteiger partial charge in [-0.1, -0.05) is 20.3 Å². The predicted octanol–water partition coefficient (Wildman–Crippen LogP) is -2.60. The zero-order valence-corrected chi connectivity index (χ0v) is 12.1. The predicted molar refractivity (Wildman–Crippen MR) is 73.1 cm³/mol. The number of aliphatic hydroxyl groups excluding tert-OH is 2. The van der Waals surface area contributed by atoms with E-state index in [0.29, 0.717) is 6.42 Å². The molecule has 4 atom stereocenters. The highest BCUT2D eigenvalue weighted by Gasteiger charge is 2.29.